The fourth-order valence-electron chi connectivity index (χ4n) is 3.67. The third kappa shape index (κ3) is 2.66. The van der Waals surface area contributed by atoms with Crippen molar-refractivity contribution in [3.05, 3.63) is 47.3 Å². The predicted octanol–water partition coefficient (Wildman–Crippen LogP) is 1.33. The number of nitrogens with zero attached hydrogens (tertiary/aromatic N) is 2. The lowest BCUT2D eigenvalue weighted by molar-refractivity contribution is 0.000519. The molecule has 1 saturated carbocycles. The summed E-state index contributed by atoms with van der Waals surface area (Å²) in [5.41, 5.74) is 3.36. The van der Waals surface area contributed by atoms with Crippen LogP contribution >= 0.6 is 0 Å². The van der Waals surface area contributed by atoms with Gasteiger partial charge in [0.05, 0.1) is 23.2 Å². The maximum absolute atomic E-state index is 12.7. The largest absolute Gasteiger partial charge is 0.391 e. The van der Waals surface area contributed by atoms with Crippen molar-refractivity contribution in [2.24, 2.45) is 0 Å². The van der Waals surface area contributed by atoms with Gasteiger partial charge in [0.15, 0.2) is 0 Å². The van der Waals surface area contributed by atoms with E-state index in [0.29, 0.717) is 11.3 Å². The second kappa shape index (κ2) is 5.68. The Kier molecular flexibility index (Phi) is 3.74. The molecule has 2 aliphatic carbocycles. The summed E-state index contributed by atoms with van der Waals surface area (Å²) in [5.74, 6) is 0. The van der Waals surface area contributed by atoms with Gasteiger partial charge in [-0.15, -0.1) is 0 Å². The first-order valence-corrected chi connectivity index (χ1v) is 9.75. The van der Waals surface area contributed by atoms with Gasteiger partial charge < -0.3 is 5.11 Å². The zero-order valence-electron chi connectivity index (χ0n) is 13.5. The van der Waals surface area contributed by atoms with Crippen LogP contribution in [0.1, 0.15) is 35.6 Å². The average Bonchev–Trinajstić information content (AvgIpc) is 3.14. The van der Waals surface area contributed by atoms with Gasteiger partial charge in [0.25, 0.3) is 0 Å². The molecule has 0 bridgehead atoms. The van der Waals surface area contributed by atoms with E-state index in [9.17, 15) is 13.5 Å². The fourth-order valence-corrected chi connectivity index (χ4v) is 4.98. The zero-order valence-corrected chi connectivity index (χ0v) is 14.3. The molecule has 128 valence electrons. The first kappa shape index (κ1) is 15.8. The summed E-state index contributed by atoms with van der Waals surface area (Å²) in [5, 5.41) is 14.2. The molecule has 0 spiro atoms. The molecule has 0 unspecified atom stereocenters. The Morgan fingerprint density at radius 1 is 1.29 bits per heavy atom. The number of sulfonamides is 1. The van der Waals surface area contributed by atoms with Gasteiger partial charge >= 0.3 is 0 Å². The number of aromatic nitrogens is 2. The molecule has 1 fully saturated rings. The summed E-state index contributed by atoms with van der Waals surface area (Å²) >= 11 is 0. The first-order valence-electron chi connectivity index (χ1n) is 8.27. The minimum Gasteiger partial charge on any atom is -0.391 e. The second-order valence-corrected chi connectivity index (χ2v) is 8.52. The minimum atomic E-state index is -3.60. The SMILES string of the molecule is Cc1cnn([C@H]2[C@H](O)C[C@@H]2NS(=O)(=O)c2ccc3c(c2)CCC3)c1. The van der Waals surface area contributed by atoms with Crippen molar-refractivity contribution in [1.29, 1.82) is 0 Å². The van der Waals surface area contributed by atoms with E-state index in [1.165, 1.54) is 5.56 Å². The zero-order chi connectivity index (χ0) is 16.9. The van der Waals surface area contributed by atoms with Crippen molar-refractivity contribution < 1.29 is 13.5 Å². The summed E-state index contributed by atoms with van der Waals surface area (Å²) in [7, 11) is -3.60. The molecule has 0 saturated heterocycles. The molecule has 4 rings (SSSR count). The standard InChI is InChI=1S/C17H21N3O3S/c1-11-9-18-20(10-11)17-15(8-16(17)21)19-24(22,23)14-6-5-12-3-2-4-13(12)7-14/h5-7,9-10,15-17,19,21H,2-4,8H2,1H3/t15-,16+,17+/m0/s1. The summed E-state index contributed by atoms with van der Waals surface area (Å²) in [4.78, 5) is 0.305. The van der Waals surface area contributed by atoms with E-state index < -0.39 is 16.1 Å². The first-order chi connectivity index (χ1) is 11.4. The Hall–Kier alpha value is -1.70. The molecule has 2 aliphatic rings. The van der Waals surface area contributed by atoms with Gasteiger partial charge in [0.1, 0.15) is 0 Å². The van der Waals surface area contributed by atoms with E-state index in [1.54, 1.807) is 23.0 Å². The number of aliphatic hydroxyl groups excluding tert-OH is 1. The third-order valence-corrected chi connectivity index (χ3v) is 6.51. The molecular weight excluding hydrogens is 326 g/mol. The summed E-state index contributed by atoms with van der Waals surface area (Å²) in [6.07, 6.45) is 6.39. The van der Waals surface area contributed by atoms with Crippen molar-refractivity contribution in [2.45, 2.75) is 55.7 Å². The topological polar surface area (TPSA) is 84.2 Å². The number of aliphatic hydroxyl groups is 1. The summed E-state index contributed by atoms with van der Waals surface area (Å²) < 4.78 is 29.8. The molecule has 1 aromatic carbocycles. The second-order valence-electron chi connectivity index (χ2n) is 6.80. The van der Waals surface area contributed by atoms with Crippen LogP contribution in [0.3, 0.4) is 0 Å². The van der Waals surface area contributed by atoms with Crippen molar-refractivity contribution >= 4 is 10.0 Å². The maximum atomic E-state index is 12.7. The Bertz CT molecular complexity index is 875. The van der Waals surface area contributed by atoms with E-state index in [-0.39, 0.29) is 12.1 Å². The predicted molar refractivity (Wildman–Crippen MR) is 89.2 cm³/mol. The molecule has 24 heavy (non-hydrogen) atoms. The van der Waals surface area contributed by atoms with Crippen LogP contribution < -0.4 is 4.72 Å². The third-order valence-electron chi connectivity index (χ3n) is 5.02. The lowest BCUT2D eigenvalue weighted by atomic mass is 9.84. The number of rotatable bonds is 4. The summed E-state index contributed by atoms with van der Waals surface area (Å²) in [6.45, 7) is 1.91. The minimum absolute atomic E-state index is 0.305. The van der Waals surface area contributed by atoms with Crippen LogP contribution in [0.5, 0.6) is 0 Å². The van der Waals surface area contributed by atoms with Crippen molar-refractivity contribution in [2.75, 3.05) is 0 Å². The highest BCUT2D eigenvalue weighted by atomic mass is 32.2. The molecule has 2 aromatic rings. The average molecular weight is 347 g/mol. The molecule has 6 nitrogen and oxygen atoms in total. The van der Waals surface area contributed by atoms with E-state index >= 15 is 0 Å². The van der Waals surface area contributed by atoms with Gasteiger partial charge in [-0.1, -0.05) is 6.07 Å². The van der Waals surface area contributed by atoms with Crippen LogP contribution in [0.4, 0.5) is 0 Å². The number of aryl methyl sites for hydroxylation is 3. The molecule has 0 aliphatic heterocycles. The van der Waals surface area contributed by atoms with Crippen LogP contribution in [0.2, 0.25) is 0 Å². The Morgan fingerprint density at radius 2 is 2.08 bits per heavy atom. The molecule has 3 atom stereocenters. The Balaban J connectivity index is 1.55. The van der Waals surface area contributed by atoms with Crippen LogP contribution in [0.25, 0.3) is 0 Å². The monoisotopic (exact) mass is 347 g/mol. The van der Waals surface area contributed by atoms with Crippen molar-refractivity contribution in [3.63, 3.8) is 0 Å². The van der Waals surface area contributed by atoms with Gasteiger partial charge in [-0.3, -0.25) is 4.68 Å². The summed E-state index contributed by atoms with van der Waals surface area (Å²) in [6, 6.07) is 4.67. The van der Waals surface area contributed by atoms with E-state index in [4.69, 9.17) is 0 Å². The highest BCUT2D eigenvalue weighted by Crippen LogP contribution is 2.34. The van der Waals surface area contributed by atoms with Gasteiger partial charge in [-0.25, -0.2) is 13.1 Å². The van der Waals surface area contributed by atoms with Gasteiger partial charge in [0, 0.05) is 12.2 Å². The number of fused-ring (bicyclic) bond motifs is 1. The normalized spacial score (nSPS) is 26.2. The molecule has 1 heterocycles. The van der Waals surface area contributed by atoms with E-state index in [0.717, 1.165) is 30.4 Å². The molecule has 0 amide bonds. The van der Waals surface area contributed by atoms with Crippen molar-refractivity contribution in [3.8, 4) is 0 Å². The number of hydrogen-bond acceptors (Lipinski definition) is 4. The van der Waals surface area contributed by atoms with Crippen molar-refractivity contribution in [1.82, 2.24) is 14.5 Å². The molecule has 1 aromatic heterocycles. The number of hydrogen-bond donors (Lipinski definition) is 2. The van der Waals surface area contributed by atoms with Crippen LogP contribution in [-0.4, -0.2) is 35.5 Å². The van der Waals surface area contributed by atoms with Crippen LogP contribution in [-0.2, 0) is 22.9 Å². The number of benzene rings is 1. The van der Waals surface area contributed by atoms with Gasteiger partial charge in [0.2, 0.25) is 10.0 Å². The molecular formula is C17H21N3O3S. The van der Waals surface area contributed by atoms with E-state index in [1.807, 2.05) is 19.2 Å². The lowest BCUT2D eigenvalue weighted by Gasteiger charge is -2.41. The maximum Gasteiger partial charge on any atom is 0.240 e. The lowest BCUT2D eigenvalue weighted by Crippen LogP contribution is -2.56. The van der Waals surface area contributed by atoms with Crippen LogP contribution in [0.15, 0.2) is 35.5 Å². The quantitative estimate of drug-likeness (QED) is 0.874. The highest BCUT2D eigenvalue weighted by molar-refractivity contribution is 7.89. The fraction of sp³-hybridized carbons (Fsp3) is 0.471. The Morgan fingerprint density at radius 3 is 2.79 bits per heavy atom. The molecule has 7 heteroatoms. The van der Waals surface area contributed by atoms with Crippen LogP contribution in [0, 0.1) is 6.92 Å². The molecule has 2 N–H and O–H groups in total. The Labute approximate surface area is 141 Å². The van der Waals surface area contributed by atoms with E-state index in [2.05, 4.69) is 9.82 Å². The highest BCUT2D eigenvalue weighted by Gasteiger charge is 2.44. The molecule has 0 radical (unpaired) electrons. The van der Waals surface area contributed by atoms with Gasteiger partial charge in [-0.05, 0) is 61.4 Å². The smallest absolute Gasteiger partial charge is 0.240 e. The van der Waals surface area contributed by atoms with Gasteiger partial charge in [-0.2, -0.15) is 5.10 Å². The number of nitrogens with one attached hydrogen (secondary N) is 1.